The van der Waals surface area contributed by atoms with Gasteiger partial charge in [-0.15, -0.1) is 0 Å². The Morgan fingerprint density at radius 1 is 1.16 bits per heavy atom. The second kappa shape index (κ2) is 6.53. The molecule has 0 spiro atoms. The topological polar surface area (TPSA) is 29.9 Å². The third-order valence-corrected chi connectivity index (χ3v) is 3.18. The summed E-state index contributed by atoms with van der Waals surface area (Å²) in [5, 5.41) is 7.95. The number of nitrogens with zero attached hydrogens (tertiary/aromatic N) is 2. The molecule has 1 heterocycles. The quantitative estimate of drug-likeness (QED) is 0.806. The first kappa shape index (κ1) is 13.8. The fraction of sp³-hybridized carbons (Fsp3) is 0.438. The van der Waals surface area contributed by atoms with Crippen LogP contribution in [0.1, 0.15) is 35.9 Å². The second-order valence-corrected chi connectivity index (χ2v) is 5.08. The molecule has 0 radical (unpaired) electrons. The summed E-state index contributed by atoms with van der Waals surface area (Å²) in [6.45, 7) is 9.19. The number of rotatable bonds is 6. The summed E-state index contributed by atoms with van der Waals surface area (Å²) in [7, 11) is 0. The Kier molecular flexibility index (Phi) is 4.74. The maximum absolute atomic E-state index is 4.51. The monoisotopic (exact) mass is 257 g/mol. The molecule has 0 fully saturated rings. The molecule has 0 saturated carbocycles. The van der Waals surface area contributed by atoms with Crippen LogP contribution in [0.5, 0.6) is 0 Å². The molecule has 0 aliphatic carbocycles. The van der Waals surface area contributed by atoms with E-state index >= 15 is 0 Å². The van der Waals surface area contributed by atoms with Gasteiger partial charge in [-0.1, -0.05) is 31.2 Å². The third-order valence-electron chi connectivity index (χ3n) is 3.18. The number of nitrogens with one attached hydrogen (secondary N) is 1. The molecule has 0 saturated heterocycles. The van der Waals surface area contributed by atoms with Crippen LogP contribution >= 0.6 is 0 Å². The van der Waals surface area contributed by atoms with Crippen LogP contribution in [0.25, 0.3) is 0 Å². The largest absolute Gasteiger partial charge is 0.313 e. The van der Waals surface area contributed by atoms with Crippen molar-refractivity contribution in [2.24, 2.45) is 0 Å². The van der Waals surface area contributed by atoms with E-state index in [1.165, 1.54) is 23.2 Å². The number of benzene rings is 1. The van der Waals surface area contributed by atoms with Gasteiger partial charge in [0.15, 0.2) is 0 Å². The average molecular weight is 257 g/mol. The van der Waals surface area contributed by atoms with Gasteiger partial charge in [-0.25, -0.2) is 0 Å². The summed E-state index contributed by atoms with van der Waals surface area (Å²) in [5.41, 5.74) is 4.94. The zero-order valence-corrected chi connectivity index (χ0v) is 12.1. The van der Waals surface area contributed by atoms with Gasteiger partial charge in [-0.3, -0.25) is 4.68 Å². The highest BCUT2D eigenvalue weighted by Crippen LogP contribution is 2.09. The summed E-state index contributed by atoms with van der Waals surface area (Å²) in [6.07, 6.45) is 1.17. The van der Waals surface area contributed by atoms with Crippen LogP contribution in [0.2, 0.25) is 0 Å². The second-order valence-electron chi connectivity index (χ2n) is 5.08. The highest BCUT2D eigenvalue weighted by Gasteiger charge is 2.02. The maximum Gasteiger partial charge on any atom is 0.0662 e. The molecule has 2 aromatic rings. The van der Waals surface area contributed by atoms with Crippen molar-refractivity contribution >= 4 is 0 Å². The normalized spacial score (nSPS) is 10.9. The van der Waals surface area contributed by atoms with Gasteiger partial charge < -0.3 is 5.32 Å². The Morgan fingerprint density at radius 2 is 1.95 bits per heavy atom. The average Bonchev–Trinajstić information content (AvgIpc) is 2.69. The van der Waals surface area contributed by atoms with E-state index in [0.29, 0.717) is 0 Å². The first-order valence-electron chi connectivity index (χ1n) is 6.98. The summed E-state index contributed by atoms with van der Waals surface area (Å²) in [4.78, 5) is 0. The minimum Gasteiger partial charge on any atom is -0.313 e. The van der Waals surface area contributed by atoms with Gasteiger partial charge in [0.1, 0.15) is 0 Å². The summed E-state index contributed by atoms with van der Waals surface area (Å²) >= 11 is 0. The first-order chi connectivity index (χ1) is 9.19. The maximum atomic E-state index is 4.51. The van der Waals surface area contributed by atoms with E-state index in [1.54, 1.807) is 0 Å². The molecule has 102 valence electrons. The van der Waals surface area contributed by atoms with Crippen molar-refractivity contribution in [3.05, 3.63) is 52.8 Å². The third kappa shape index (κ3) is 3.93. The van der Waals surface area contributed by atoms with Crippen LogP contribution in [0.3, 0.4) is 0 Å². The van der Waals surface area contributed by atoms with Gasteiger partial charge in [0.2, 0.25) is 0 Å². The summed E-state index contributed by atoms with van der Waals surface area (Å²) in [6, 6.07) is 10.9. The molecule has 0 bridgehead atoms. The van der Waals surface area contributed by atoms with Crippen molar-refractivity contribution in [3.8, 4) is 0 Å². The summed E-state index contributed by atoms with van der Waals surface area (Å²) in [5.74, 6) is 0. The fourth-order valence-corrected chi connectivity index (χ4v) is 2.26. The van der Waals surface area contributed by atoms with E-state index in [4.69, 9.17) is 0 Å². The van der Waals surface area contributed by atoms with Crippen molar-refractivity contribution in [1.29, 1.82) is 0 Å². The molecule has 0 aliphatic rings. The molecule has 0 atom stereocenters. The van der Waals surface area contributed by atoms with Crippen LogP contribution in [-0.4, -0.2) is 16.3 Å². The lowest BCUT2D eigenvalue weighted by Crippen LogP contribution is -2.14. The summed E-state index contributed by atoms with van der Waals surface area (Å²) < 4.78 is 2.06. The highest BCUT2D eigenvalue weighted by atomic mass is 15.3. The number of aryl methyl sites for hydroxylation is 2. The Morgan fingerprint density at radius 3 is 2.63 bits per heavy atom. The van der Waals surface area contributed by atoms with Crippen molar-refractivity contribution in [1.82, 2.24) is 15.1 Å². The van der Waals surface area contributed by atoms with E-state index in [9.17, 15) is 0 Å². The van der Waals surface area contributed by atoms with E-state index in [0.717, 1.165) is 25.3 Å². The first-order valence-corrected chi connectivity index (χ1v) is 6.98. The molecular formula is C16H23N3. The molecule has 2 rings (SSSR count). The predicted molar refractivity (Wildman–Crippen MR) is 79.2 cm³/mol. The fourth-order valence-electron chi connectivity index (χ4n) is 2.26. The van der Waals surface area contributed by atoms with Crippen molar-refractivity contribution < 1.29 is 0 Å². The highest BCUT2D eigenvalue weighted by molar-refractivity contribution is 5.24. The SMILES string of the molecule is CCCNCc1cccc(Cn2nc(C)cc2C)c1. The molecule has 0 aliphatic heterocycles. The molecule has 0 amide bonds. The van der Waals surface area contributed by atoms with E-state index in [-0.39, 0.29) is 0 Å². The predicted octanol–water partition coefficient (Wildman–Crippen LogP) is 3.05. The molecule has 1 N–H and O–H groups in total. The van der Waals surface area contributed by atoms with E-state index < -0.39 is 0 Å². The molecule has 1 aromatic heterocycles. The van der Waals surface area contributed by atoms with Crippen LogP contribution in [0, 0.1) is 13.8 Å². The lowest BCUT2D eigenvalue weighted by Gasteiger charge is -2.08. The standard InChI is InChI=1S/C16H23N3/c1-4-8-17-11-15-6-5-7-16(10-15)12-19-14(3)9-13(2)18-19/h5-7,9-10,17H,4,8,11-12H2,1-3H3. The van der Waals surface area contributed by atoms with Gasteiger partial charge in [-0.2, -0.15) is 5.10 Å². The zero-order valence-electron chi connectivity index (χ0n) is 12.1. The Bertz CT molecular complexity index is 529. The number of hydrogen-bond acceptors (Lipinski definition) is 2. The lowest BCUT2D eigenvalue weighted by molar-refractivity contribution is 0.653. The molecule has 1 aromatic carbocycles. The van der Waals surface area contributed by atoms with Crippen LogP contribution in [-0.2, 0) is 13.1 Å². The Hall–Kier alpha value is -1.61. The molecular weight excluding hydrogens is 234 g/mol. The number of aromatic nitrogens is 2. The van der Waals surface area contributed by atoms with Crippen molar-refractivity contribution in [2.45, 2.75) is 40.3 Å². The van der Waals surface area contributed by atoms with Crippen LogP contribution in [0.15, 0.2) is 30.3 Å². The smallest absolute Gasteiger partial charge is 0.0662 e. The van der Waals surface area contributed by atoms with Crippen molar-refractivity contribution in [2.75, 3.05) is 6.54 Å². The minimum absolute atomic E-state index is 0.849. The Labute approximate surface area is 115 Å². The van der Waals surface area contributed by atoms with Gasteiger partial charge in [0.25, 0.3) is 0 Å². The number of hydrogen-bond donors (Lipinski definition) is 1. The minimum atomic E-state index is 0.849. The van der Waals surface area contributed by atoms with Crippen LogP contribution in [0.4, 0.5) is 0 Å². The zero-order chi connectivity index (χ0) is 13.7. The molecule has 3 nitrogen and oxygen atoms in total. The molecule has 19 heavy (non-hydrogen) atoms. The van der Waals surface area contributed by atoms with E-state index in [2.05, 4.69) is 59.3 Å². The van der Waals surface area contributed by atoms with Crippen LogP contribution < -0.4 is 5.32 Å². The Balaban J connectivity index is 2.04. The van der Waals surface area contributed by atoms with Gasteiger partial charge in [0.05, 0.1) is 12.2 Å². The van der Waals surface area contributed by atoms with Crippen molar-refractivity contribution in [3.63, 3.8) is 0 Å². The molecule has 0 unspecified atom stereocenters. The van der Waals surface area contributed by atoms with Gasteiger partial charge >= 0.3 is 0 Å². The molecule has 3 heteroatoms. The van der Waals surface area contributed by atoms with E-state index in [1.807, 2.05) is 6.92 Å². The lowest BCUT2D eigenvalue weighted by atomic mass is 10.1. The van der Waals surface area contributed by atoms with Gasteiger partial charge in [-0.05, 0) is 44.0 Å². The van der Waals surface area contributed by atoms with Gasteiger partial charge in [0, 0.05) is 12.2 Å².